The van der Waals surface area contributed by atoms with Crippen LogP contribution in [0.25, 0.3) is 10.9 Å². The first-order valence-electron chi connectivity index (χ1n) is 6.16. The van der Waals surface area contributed by atoms with E-state index in [0.29, 0.717) is 6.10 Å². The molecule has 0 radical (unpaired) electrons. The van der Waals surface area contributed by atoms with E-state index in [1.54, 1.807) is 0 Å². The minimum absolute atomic E-state index is 0.419. The molecular weight excluding hydrogens is 198 g/mol. The molecule has 84 valence electrons. The zero-order valence-electron chi connectivity index (χ0n) is 9.41. The third kappa shape index (κ3) is 1.80. The van der Waals surface area contributed by atoms with Crippen molar-refractivity contribution in [3.8, 4) is 5.75 Å². The fourth-order valence-electron chi connectivity index (χ4n) is 2.52. The van der Waals surface area contributed by atoms with E-state index in [1.165, 1.54) is 37.5 Å². The van der Waals surface area contributed by atoms with E-state index in [2.05, 4.69) is 29.2 Å². The number of para-hydroxylation sites is 1. The highest BCUT2D eigenvalue weighted by Crippen LogP contribution is 2.28. The quantitative estimate of drug-likeness (QED) is 0.808. The van der Waals surface area contributed by atoms with Gasteiger partial charge in [0.2, 0.25) is 0 Å². The van der Waals surface area contributed by atoms with Crippen LogP contribution in [-0.4, -0.2) is 11.1 Å². The van der Waals surface area contributed by atoms with Crippen molar-refractivity contribution in [2.75, 3.05) is 0 Å². The molecule has 1 aliphatic carbocycles. The number of ether oxygens (including phenoxy) is 1. The summed E-state index contributed by atoms with van der Waals surface area (Å²) in [4.78, 5) is 3.25. The van der Waals surface area contributed by atoms with Crippen LogP contribution in [0.4, 0.5) is 0 Å². The van der Waals surface area contributed by atoms with Crippen molar-refractivity contribution in [2.45, 2.75) is 38.2 Å². The largest absolute Gasteiger partial charge is 0.488 e. The van der Waals surface area contributed by atoms with Crippen LogP contribution in [0.1, 0.15) is 32.1 Å². The Hall–Kier alpha value is -1.44. The van der Waals surface area contributed by atoms with Gasteiger partial charge in [-0.2, -0.15) is 0 Å². The maximum atomic E-state index is 6.10. The van der Waals surface area contributed by atoms with Crippen LogP contribution in [0, 0.1) is 0 Å². The van der Waals surface area contributed by atoms with Crippen molar-refractivity contribution in [2.24, 2.45) is 0 Å². The molecule has 0 unspecified atom stereocenters. The zero-order chi connectivity index (χ0) is 10.8. The molecule has 1 N–H and O–H groups in total. The SMILES string of the molecule is c1cc(OC2CCCCC2)c2[nH]ccc2c1. The van der Waals surface area contributed by atoms with Gasteiger partial charge in [-0.15, -0.1) is 0 Å². The van der Waals surface area contributed by atoms with Crippen LogP contribution in [0.15, 0.2) is 30.5 Å². The minimum Gasteiger partial charge on any atom is -0.488 e. The number of hydrogen-bond acceptors (Lipinski definition) is 1. The van der Waals surface area contributed by atoms with Gasteiger partial charge in [0.1, 0.15) is 5.75 Å². The maximum absolute atomic E-state index is 6.10. The van der Waals surface area contributed by atoms with Crippen molar-refractivity contribution in [1.82, 2.24) is 4.98 Å². The summed E-state index contributed by atoms with van der Waals surface area (Å²) in [5, 5.41) is 1.23. The molecule has 3 rings (SSSR count). The Kier molecular flexibility index (Phi) is 2.56. The van der Waals surface area contributed by atoms with E-state index < -0.39 is 0 Å². The van der Waals surface area contributed by atoms with Gasteiger partial charge in [-0.1, -0.05) is 18.6 Å². The molecule has 1 aliphatic rings. The molecule has 2 heteroatoms. The monoisotopic (exact) mass is 215 g/mol. The molecule has 1 aromatic carbocycles. The Morgan fingerprint density at radius 2 is 1.94 bits per heavy atom. The van der Waals surface area contributed by atoms with Crippen molar-refractivity contribution in [3.63, 3.8) is 0 Å². The van der Waals surface area contributed by atoms with E-state index in [9.17, 15) is 0 Å². The van der Waals surface area contributed by atoms with Gasteiger partial charge in [-0.25, -0.2) is 0 Å². The number of nitrogens with one attached hydrogen (secondary N) is 1. The lowest BCUT2D eigenvalue weighted by Gasteiger charge is -2.23. The Bertz CT molecular complexity index is 468. The van der Waals surface area contributed by atoms with Crippen LogP contribution in [0.2, 0.25) is 0 Å². The molecule has 1 fully saturated rings. The van der Waals surface area contributed by atoms with Gasteiger partial charge in [0.25, 0.3) is 0 Å². The van der Waals surface area contributed by atoms with Crippen molar-refractivity contribution in [1.29, 1.82) is 0 Å². The normalized spacial score (nSPS) is 17.8. The highest BCUT2D eigenvalue weighted by molar-refractivity contribution is 5.85. The molecular formula is C14H17NO. The van der Waals surface area contributed by atoms with Gasteiger partial charge in [-0.3, -0.25) is 0 Å². The molecule has 16 heavy (non-hydrogen) atoms. The topological polar surface area (TPSA) is 25.0 Å². The molecule has 0 bridgehead atoms. The second-order valence-electron chi connectivity index (χ2n) is 4.58. The van der Waals surface area contributed by atoms with Crippen molar-refractivity contribution in [3.05, 3.63) is 30.5 Å². The molecule has 0 aliphatic heterocycles. The van der Waals surface area contributed by atoms with Crippen LogP contribution in [0.5, 0.6) is 5.75 Å². The van der Waals surface area contributed by atoms with Gasteiger partial charge in [0, 0.05) is 11.6 Å². The lowest BCUT2D eigenvalue weighted by atomic mass is 9.98. The van der Waals surface area contributed by atoms with Gasteiger partial charge in [0.05, 0.1) is 11.6 Å². The summed E-state index contributed by atoms with van der Waals surface area (Å²) in [6.07, 6.45) is 8.79. The number of H-pyrrole nitrogens is 1. The van der Waals surface area contributed by atoms with Crippen molar-refractivity contribution < 1.29 is 4.74 Å². The van der Waals surface area contributed by atoms with Gasteiger partial charge < -0.3 is 9.72 Å². The van der Waals surface area contributed by atoms with E-state index in [-0.39, 0.29) is 0 Å². The van der Waals surface area contributed by atoms with E-state index in [4.69, 9.17) is 4.74 Å². The average molecular weight is 215 g/mol. The summed E-state index contributed by atoms with van der Waals surface area (Å²) in [5.74, 6) is 1.01. The summed E-state index contributed by atoms with van der Waals surface area (Å²) in [6.45, 7) is 0. The van der Waals surface area contributed by atoms with Crippen molar-refractivity contribution >= 4 is 10.9 Å². The smallest absolute Gasteiger partial charge is 0.143 e. The van der Waals surface area contributed by atoms with E-state index in [1.807, 2.05) is 6.20 Å². The number of rotatable bonds is 2. The number of aromatic nitrogens is 1. The fraction of sp³-hybridized carbons (Fsp3) is 0.429. The lowest BCUT2D eigenvalue weighted by Crippen LogP contribution is -2.19. The minimum atomic E-state index is 0.419. The highest BCUT2D eigenvalue weighted by Gasteiger charge is 2.15. The standard InChI is InChI=1S/C14H17NO/c1-2-6-12(7-3-1)16-13-8-4-5-11-9-10-15-14(11)13/h4-5,8-10,12,15H,1-3,6-7H2. The summed E-state index contributed by atoms with van der Waals surface area (Å²) in [7, 11) is 0. The predicted molar refractivity (Wildman–Crippen MR) is 65.8 cm³/mol. The summed E-state index contributed by atoms with van der Waals surface area (Å²) >= 11 is 0. The highest BCUT2D eigenvalue weighted by atomic mass is 16.5. The zero-order valence-corrected chi connectivity index (χ0v) is 9.41. The van der Waals surface area contributed by atoms with Crippen LogP contribution in [-0.2, 0) is 0 Å². The fourth-order valence-corrected chi connectivity index (χ4v) is 2.52. The third-order valence-corrected chi connectivity index (χ3v) is 3.39. The third-order valence-electron chi connectivity index (χ3n) is 3.39. The molecule has 1 aromatic heterocycles. The maximum Gasteiger partial charge on any atom is 0.143 e. The molecule has 0 atom stereocenters. The Morgan fingerprint density at radius 1 is 1.06 bits per heavy atom. The Balaban J connectivity index is 1.85. The van der Waals surface area contributed by atoms with Gasteiger partial charge in [-0.05, 0) is 37.8 Å². The summed E-state index contributed by atoms with van der Waals surface area (Å²) in [6, 6.07) is 8.32. The molecule has 1 saturated carbocycles. The van der Waals surface area contributed by atoms with Crippen LogP contribution in [0.3, 0.4) is 0 Å². The lowest BCUT2D eigenvalue weighted by molar-refractivity contribution is 0.157. The average Bonchev–Trinajstić information content (AvgIpc) is 2.80. The first kappa shape index (κ1) is 9.76. The van der Waals surface area contributed by atoms with Gasteiger partial charge in [0.15, 0.2) is 0 Å². The first-order valence-corrected chi connectivity index (χ1v) is 6.16. The number of fused-ring (bicyclic) bond motifs is 1. The first-order chi connectivity index (χ1) is 7.93. The summed E-state index contributed by atoms with van der Waals surface area (Å²) < 4.78 is 6.10. The molecule has 0 saturated heterocycles. The van der Waals surface area contributed by atoms with E-state index >= 15 is 0 Å². The molecule has 0 spiro atoms. The Morgan fingerprint density at radius 3 is 2.81 bits per heavy atom. The van der Waals surface area contributed by atoms with Gasteiger partial charge >= 0.3 is 0 Å². The molecule has 1 heterocycles. The van der Waals surface area contributed by atoms with Crippen LogP contribution < -0.4 is 4.74 Å². The molecule has 2 nitrogen and oxygen atoms in total. The number of hydrogen-bond donors (Lipinski definition) is 1. The van der Waals surface area contributed by atoms with E-state index in [0.717, 1.165) is 11.3 Å². The number of aromatic amines is 1. The summed E-state index contributed by atoms with van der Waals surface area (Å²) in [5.41, 5.74) is 1.13. The van der Waals surface area contributed by atoms with Crippen LogP contribution >= 0.6 is 0 Å². The second-order valence-corrected chi connectivity index (χ2v) is 4.58. The number of benzene rings is 1. The molecule has 2 aromatic rings. The Labute approximate surface area is 95.6 Å². The second kappa shape index (κ2) is 4.20. The predicted octanol–water partition coefficient (Wildman–Crippen LogP) is 3.88. The molecule has 0 amide bonds.